The summed E-state index contributed by atoms with van der Waals surface area (Å²) in [5.74, 6) is 0.813. The molecule has 1 fully saturated rings. The van der Waals surface area contributed by atoms with Crippen LogP contribution in [0.2, 0.25) is 0 Å². The number of amides is 1. The average molecular weight is 377 g/mol. The molecule has 3 aromatic rings. The molecule has 0 aromatic heterocycles. The van der Waals surface area contributed by atoms with E-state index in [2.05, 4.69) is 0 Å². The number of benzene rings is 3. The lowest BCUT2D eigenvalue weighted by molar-refractivity contribution is -0.135. The summed E-state index contributed by atoms with van der Waals surface area (Å²) in [5, 5.41) is 0. The van der Waals surface area contributed by atoms with Crippen molar-refractivity contribution in [2.24, 2.45) is 0 Å². The zero-order valence-electron chi connectivity index (χ0n) is 15.6. The Bertz CT molecular complexity index is 968. The second kappa shape index (κ2) is 7.35. The number of hydrogen-bond acceptors (Lipinski definition) is 3. The number of β-lactam (4-membered cyclic amide) rings is 1. The molecule has 28 heavy (non-hydrogen) atoms. The van der Waals surface area contributed by atoms with Crippen LogP contribution < -0.4 is 14.4 Å². The van der Waals surface area contributed by atoms with Gasteiger partial charge in [0, 0.05) is 5.69 Å². The van der Waals surface area contributed by atoms with Crippen LogP contribution in [-0.4, -0.2) is 19.1 Å². The number of aryl methyl sites for hydroxylation is 1. The first kappa shape index (κ1) is 18.0. The van der Waals surface area contributed by atoms with Gasteiger partial charge < -0.3 is 9.47 Å². The first-order chi connectivity index (χ1) is 13.6. The van der Waals surface area contributed by atoms with Crippen molar-refractivity contribution in [3.8, 4) is 11.5 Å². The third-order valence-corrected chi connectivity index (χ3v) is 4.89. The summed E-state index contributed by atoms with van der Waals surface area (Å²) in [6.07, 6.45) is -0.652. The Kier molecular flexibility index (Phi) is 4.74. The zero-order valence-corrected chi connectivity index (χ0v) is 15.6. The van der Waals surface area contributed by atoms with E-state index in [1.807, 2.05) is 31.2 Å². The maximum absolute atomic E-state index is 13.3. The number of ether oxygens (including phenoxy) is 2. The quantitative estimate of drug-likeness (QED) is 0.606. The fourth-order valence-corrected chi connectivity index (χ4v) is 3.36. The third kappa shape index (κ3) is 3.31. The molecular formula is C23H20FNO3. The molecule has 0 saturated carbocycles. The summed E-state index contributed by atoms with van der Waals surface area (Å²) in [6, 6.07) is 20.8. The van der Waals surface area contributed by atoms with Crippen LogP contribution in [0.3, 0.4) is 0 Å². The minimum atomic E-state index is -0.652. The number of hydrogen-bond donors (Lipinski definition) is 0. The van der Waals surface area contributed by atoms with Gasteiger partial charge in [-0.1, -0.05) is 29.8 Å². The molecule has 4 rings (SSSR count). The van der Waals surface area contributed by atoms with E-state index in [1.165, 1.54) is 12.1 Å². The fourth-order valence-electron chi connectivity index (χ4n) is 3.36. The van der Waals surface area contributed by atoms with E-state index >= 15 is 0 Å². The van der Waals surface area contributed by atoms with Crippen LogP contribution in [0.4, 0.5) is 10.1 Å². The summed E-state index contributed by atoms with van der Waals surface area (Å²) < 4.78 is 24.5. The molecule has 0 spiro atoms. The van der Waals surface area contributed by atoms with Crippen molar-refractivity contribution >= 4 is 11.6 Å². The van der Waals surface area contributed by atoms with Crippen molar-refractivity contribution < 1.29 is 18.7 Å². The molecule has 2 atom stereocenters. The van der Waals surface area contributed by atoms with Crippen LogP contribution in [0, 0.1) is 12.7 Å². The predicted molar refractivity (Wildman–Crippen MR) is 105 cm³/mol. The SMILES string of the molecule is COc1ccc(OC2C(=O)N(c3ccc(F)cc3)C2c2ccc(C)cc2)cc1. The van der Waals surface area contributed by atoms with E-state index < -0.39 is 6.10 Å². The molecular weight excluding hydrogens is 357 g/mol. The van der Waals surface area contributed by atoms with Gasteiger partial charge in [0.15, 0.2) is 0 Å². The largest absolute Gasteiger partial charge is 0.497 e. The molecule has 1 heterocycles. The highest BCUT2D eigenvalue weighted by Crippen LogP contribution is 2.41. The lowest BCUT2D eigenvalue weighted by atomic mass is 9.89. The molecule has 1 amide bonds. The maximum Gasteiger partial charge on any atom is 0.271 e. The first-order valence-corrected chi connectivity index (χ1v) is 9.03. The van der Waals surface area contributed by atoms with Gasteiger partial charge in [-0.25, -0.2) is 4.39 Å². The molecule has 1 saturated heterocycles. The number of nitrogens with zero attached hydrogens (tertiary/aromatic N) is 1. The van der Waals surface area contributed by atoms with Crippen molar-refractivity contribution in [1.82, 2.24) is 0 Å². The first-order valence-electron chi connectivity index (χ1n) is 9.03. The highest BCUT2D eigenvalue weighted by atomic mass is 19.1. The maximum atomic E-state index is 13.3. The molecule has 3 aromatic carbocycles. The van der Waals surface area contributed by atoms with Gasteiger partial charge in [0.2, 0.25) is 6.10 Å². The Labute approximate surface area is 163 Å². The lowest BCUT2D eigenvalue weighted by Crippen LogP contribution is -2.61. The standard InChI is InChI=1S/C23H20FNO3/c1-15-3-5-16(6-4-15)21-22(28-20-13-11-19(27-2)12-14-20)23(26)25(21)18-9-7-17(24)8-10-18/h3-14,21-22H,1-2H3. The third-order valence-electron chi connectivity index (χ3n) is 4.89. The van der Waals surface area contributed by atoms with Crippen molar-refractivity contribution in [1.29, 1.82) is 0 Å². The van der Waals surface area contributed by atoms with E-state index in [4.69, 9.17) is 9.47 Å². The smallest absolute Gasteiger partial charge is 0.271 e. The Hall–Kier alpha value is -3.34. The van der Waals surface area contributed by atoms with Crippen LogP contribution in [0.25, 0.3) is 0 Å². The number of anilines is 1. The number of methoxy groups -OCH3 is 1. The van der Waals surface area contributed by atoms with E-state index in [-0.39, 0.29) is 17.8 Å². The average Bonchev–Trinajstić information content (AvgIpc) is 2.72. The second-order valence-corrected chi connectivity index (χ2v) is 6.75. The van der Waals surface area contributed by atoms with Gasteiger partial charge in [-0.2, -0.15) is 0 Å². The monoisotopic (exact) mass is 377 g/mol. The molecule has 1 aliphatic heterocycles. The summed E-state index contributed by atoms with van der Waals surface area (Å²) in [6.45, 7) is 2.01. The van der Waals surface area contributed by atoms with Crippen molar-refractivity contribution in [3.63, 3.8) is 0 Å². The van der Waals surface area contributed by atoms with Gasteiger partial charge in [-0.15, -0.1) is 0 Å². The normalized spacial score (nSPS) is 18.5. The Morgan fingerprint density at radius 3 is 2.07 bits per heavy atom. The van der Waals surface area contributed by atoms with Gasteiger partial charge in [0.1, 0.15) is 23.4 Å². The number of carbonyl (C=O) groups excluding carboxylic acids is 1. The Morgan fingerprint density at radius 2 is 1.46 bits per heavy atom. The summed E-state index contributed by atoms with van der Waals surface area (Å²) in [5.41, 5.74) is 2.75. The van der Waals surface area contributed by atoms with Crippen molar-refractivity contribution in [3.05, 3.63) is 89.7 Å². The molecule has 4 nitrogen and oxygen atoms in total. The number of carbonyl (C=O) groups is 1. The summed E-state index contributed by atoms with van der Waals surface area (Å²) in [7, 11) is 1.60. The highest BCUT2D eigenvalue weighted by Gasteiger charge is 2.51. The Balaban J connectivity index is 1.65. The van der Waals surface area contributed by atoms with E-state index in [0.717, 1.165) is 16.9 Å². The van der Waals surface area contributed by atoms with Crippen LogP contribution in [0.5, 0.6) is 11.5 Å². The van der Waals surface area contributed by atoms with E-state index in [1.54, 1.807) is 48.4 Å². The minimum Gasteiger partial charge on any atom is -0.497 e. The van der Waals surface area contributed by atoms with Gasteiger partial charge >= 0.3 is 0 Å². The van der Waals surface area contributed by atoms with E-state index in [0.29, 0.717) is 11.4 Å². The van der Waals surface area contributed by atoms with Crippen LogP contribution in [-0.2, 0) is 4.79 Å². The molecule has 142 valence electrons. The number of halogens is 1. The second-order valence-electron chi connectivity index (χ2n) is 6.75. The molecule has 0 N–H and O–H groups in total. The van der Waals surface area contributed by atoms with Gasteiger partial charge in [0.05, 0.1) is 7.11 Å². The fraction of sp³-hybridized carbons (Fsp3) is 0.174. The molecule has 1 aliphatic rings. The van der Waals surface area contributed by atoms with Gasteiger partial charge in [0.25, 0.3) is 5.91 Å². The zero-order chi connectivity index (χ0) is 19.7. The highest BCUT2D eigenvalue weighted by molar-refractivity contribution is 6.05. The molecule has 0 radical (unpaired) electrons. The van der Waals surface area contributed by atoms with E-state index in [9.17, 15) is 9.18 Å². The van der Waals surface area contributed by atoms with Crippen molar-refractivity contribution in [2.75, 3.05) is 12.0 Å². The number of rotatable bonds is 5. The Morgan fingerprint density at radius 1 is 0.857 bits per heavy atom. The molecule has 0 bridgehead atoms. The van der Waals surface area contributed by atoms with Crippen LogP contribution in [0.15, 0.2) is 72.8 Å². The molecule has 5 heteroatoms. The minimum absolute atomic E-state index is 0.159. The topological polar surface area (TPSA) is 38.8 Å². The molecule has 2 unspecified atom stereocenters. The summed E-state index contributed by atoms with van der Waals surface area (Å²) in [4.78, 5) is 14.6. The van der Waals surface area contributed by atoms with Crippen molar-refractivity contribution in [2.45, 2.75) is 19.1 Å². The predicted octanol–water partition coefficient (Wildman–Crippen LogP) is 4.68. The summed E-state index contributed by atoms with van der Waals surface area (Å²) >= 11 is 0. The van der Waals surface area contributed by atoms with Crippen LogP contribution in [0.1, 0.15) is 17.2 Å². The van der Waals surface area contributed by atoms with Gasteiger partial charge in [-0.05, 0) is 61.0 Å². The van der Waals surface area contributed by atoms with Gasteiger partial charge in [-0.3, -0.25) is 9.69 Å². The lowest BCUT2D eigenvalue weighted by Gasteiger charge is -2.46. The van der Waals surface area contributed by atoms with Crippen LogP contribution >= 0.6 is 0 Å². The molecule has 0 aliphatic carbocycles.